The molecule has 2 rings (SSSR count). The standard InChI is InChI=1S/C13H12Cl2N2O2S/c1-8-4-3-5-12(9(8)2)17-20(18,19)10-6-11(14)13(15)16-7-10/h3-7,17H,1-2H3. The highest BCUT2D eigenvalue weighted by Crippen LogP contribution is 2.25. The van der Waals surface area contributed by atoms with Gasteiger partial charge in [0.05, 0.1) is 10.7 Å². The second-order valence-corrected chi connectivity index (χ2v) is 6.74. The zero-order valence-electron chi connectivity index (χ0n) is 10.8. The van der Waals surface area contributed by atoms with Gasteiger partial charge in [-0.2, -0.15) is 0 Å². The fourth-order valence-electron chi connectivity index (χ4n) is 1.62. The third-order valence-electron chi connectivity index (χ3n) is 2.93. The summed E-state index contributed by atoms with van der Waals surface area (Å²) in [5.41, 5.74) is 2.39. The molecule has 4 nitrogen and oxygen atoms in total. The van der Waals surface area contributed by atoms with E-state index < -0.39 is 10.0 Å². The lowest BCUT2D eigenvalue weighted by molar-refractivity contribution is 0.601. The molecule has 0 atom stereocenters. The third-order valence-corrected chi connectivity index (χ3v) is 4.95. The van der Waals surface area contributed by atoms with Gasteiger partial charge in [0, 0.05) is 6.20 Å². The number of hydrogen-bond acceptors (Lipinski definition) is 3. The molecule has 106 valence electrons. The highest BCUT2D eigenvalue weighted by Gasteiger charge is 2.17. The highest BCUT2D eigenvalue weighted by atomic mass is 35.5. The van der Waals surface area contributed by atoms with E-state index in [4.69, 9.17) is 23.2 Å². The highest BCUT2D eigenvalue weighted by molar-refractivity contribution is 7.92. The summed E-state index contributed by atoms with van der Waals surface area (Å²) in [6.45, 7) is 3.76. The zero-order valence-corrected chi connectivity index (χ0v) is 13.1. The van der Waals surface area contributed by atoms with Crippen LogP contribution in [0.1, 0.15) is 11.1 Å². The summed E-state index contributed by atoms with van der Waals surface area (Å²) in [7, 11) is -3.75. The Morgan fingerprint density at radius 2 is 1.90 bits per heavy atom. The number of sulfonamides is 1. The predicted molar refractivity (Wildman–Crippen MR) is 81.0 cm³/mol. The quantitative estimate of drug-likeness (QED) is 0.870. The summed E-state index contributed by atoms with van der Waals surface area (Å²) >= 11 is 11.5. The van der Waals surface area contributed by atoms with Crippen molar-refractivity contribution in [1.29, 1.82) is 0 Å². The molecule has 0 unspecified atom stereocenters. The van der Waals surface area contributed by atoms with Gasteiger partial charge in [0.25, 0.3) is 10.0 Å². The van der Waals surface area contributed by atoms with Gasteiger partial charge in [0.15, 0.2) is 0 Å². The molecule has 0 amide bonds. The van der Waals surface area contributed by atoms with Gasteiger partial charge in [-0.25, -0.2) is 13.4 Å². The minimum atomic E-state index is -3.75. The monoisotopic (exact) mass is 330 g/mol. The van der Waals surface area contributed by atoms with Crippen molar-refractivity contribution in [2.24, 2.45) is 0 Å². The minimum absolute atomic E-state index is 0.0344. The molecule has 2 aromatic rings. The van der Waals surface area contributed by atoms with Crippen molar-refractivity contribution in [2.45, 2.75) is 18.7 Å². The fraction of sp³-hybridized carbons (Fsp3) is 0.154. The van der Waals surface area contributed by atoms with Gasteiger partial charge >= 0.3 is 0 Å². The van der Waals surface area contributed by atoms with Crippen LogP contribution in [0.4, 0.5) is 5.69 Å². The molecule has 0 radical (unpaired) electrons. The lowest BCUT2D eigenvalue weighted by Gasteiger charge is -2.12. The van der Waals surface area contributed by atoms with E-state index in [0.717, 1.165) is 11.1 Å². The van der Waals surface area contributed by atoms with Crippen LogP contribution in [-0.2, 0) is 10.0 Å². The van der Waals surface area contributed by atoms with Crippen LogP contribution >= 0.6 is 23.2 Å². The van der Waals surface area contributed by atoms with Crippen LogP contribution in [0.3, 0.4) is 0 Å². The van der Waals surface area contributed by atoms with Crippen molar-refractivity contribution in [3.05, 3.63) is 51.8 Å². The van der Waals surface area contributed by atoms with Crippen molar-refractivity contribution < 1.29 is 8.42 Å². The largest absolute Gasteiger partial charge is 0.279 e. The van der Waals surface area contributed by atoms with Gasteiger partial charge in [-0.3, -0.25) is 4.72 Å². The normalized spacial score (nSPS) is 11.4. The number of hydrogen-bond donors (Lipinski definition) is 1. The van der Waals surface area contributed by atoms with Crippen LogP contribution in [0.15, 0.2) is 35.4 Å². The van der Waals surface area contributed by atoms with E-state index in [0.29, 0.717) is 5.69 Å². The molecule has 0 spiro atoms. The number of halogens is 2. The minimum Gasteiger partial charge on any atom is -0.279 e. The SMILES string of the molecule is Cc1cccc(NS(=O)(=O)c2cnc(Cl)c(Cl)c2)c1C. The van der Waals surface area contributed by atoms with E-state index in [-0.39, 0.29) is 15.1 Å². The Balaban J connectivity index is 2.41. The Morgan fingerprint density at radius 1 is 1.20 bits per heavy atom. The lowest BCUT2D eigenvalue weighted by atomic mass is 10.1. The van der Waals surface area contributed by atoms with Gasteiger partial charge in [-0.15, -0.1) is 0 Å². The Kier molecular flexibility index (Phi) is 4.22. The van der Waals surface area contributed by atoms with E-state index in [1.807, 2.05) is 19.9 Å². The van der Waals surface area contributed by atoms with Gasteiger partial charge < -0.3 is 0 Å². The van der Waals surface area contributed by atoms with Crippen LogP contribution in [0.2, 0.25) is 10.2 Å². The molecule has 1 heterocycles. The van der Waals surface area contributed by atoms with Crippen LogP contribution in [0.25, 0.3) is 0 Å². The Bertz CT molecular complexity index is 761. The third kappa shape index (κ3) is 3.06. The Labute approximate surface area is 127 Å². The second-order valence-electron chi connectivity index (χ2n) is 4.30. The zero-order chi connectivity index (χ0) is 14.9. The fourth-order valence-corrected chi connectivity index (χ4v) is 3.04. The molecule has 0 saturated heterocycles. The summed E-state index contributed by atoms with van der Waals surface area (Å²) < 4.78 is 27.1. The number of aromatic nitrogens is 1. The Hall–Kier alpha value is -1.30. The lowest BCUT2D eigenvalue weighted by Crippen LogP contribution is -2.14. The average molecular weight is 331 g/mol. The molecular formula is C13H12Cl2N2O2S. The summed E-state index contributed by atoms with van der Waals surface area (Å²) in [6.07, 6.45) is 1.17. The molecule has 0 fully saturated rings. The summed E-state index contributed by atoms with van der Waals surface area (Å²) in [6, 6.07) is 6.66. The summed E-state index contributed by atoms with van der Waals surface area (Å²) in [4.78, 5) is 3.71. The van der Waals surface area contributed by atoms with Gasteiger partial charge in [-0.05, 0) is 37.1 Å². The van der Waals surface area contributed by atoms with E-state index in [1.165, 1.54) is 12.3 Å². The van der Waals surface area contributed by atoms with Crippen molar-refractivity contribution in [1.82, 2.24) is 4.98 Å². The van der Waals surface area contributed by atoms with E-state index in [1.54, 1.807) is 12.1 Å². The Morgan fingerprint density at radius 3 is 2.55 bits per heavy atom. The topological polar surface area (TPSA) is 59.1 Å². The van der Waals surface area contributed by atoms with Crippen molar-refractivity contribution >= 4 is 38.9 Å². The summed E-state index contributed by atoms with van der Waals surface area (Å²) in [5.74, 6) is 0. The second kappa shape index (κ2) is 5.60. The number of benzene rings is 1. The number of nitrogens with one attached hydrogen (secondary N) is 1. The molecule has 1 N–H and O–H groups in total. The number of pyridine rings is 1. The van der Waals surface area contributed by atoms with E-state index in [2.05, 4.69) is 9.71 Å². The predicted octanol–water partition coefficient (Wildman–Crippen LogP) is 3.81. The first-order chi connectivity index (χ1) is 9.31. The molecule has 7 heteroatoms. The first kappa shape index (κ1) is 15.1. The first-order valence-electron chi connectivity index (χ1n) is 5.71. The van der Waals surface area contributed by atoms with Crippen LogP contribution in [0, 0.1) is 13.8 Å². The van der Waals surface area contributed by atoms with E-state index in [9.17, 15) is 8.42 Å². The molecular weight excluding hydrogens is 319 g/mol. The number of rotatable bonds is 3. The number of anilines is 1. The molecule has 1 aromatic carbocycles. The van der Waals surface area contributed by atoms with Crippen LogP contribution < -0.4 is 4.72 Å². The van der Waals surface area contributed by atoms with Gasteiger partial charge in [0.2, 0.25) is 0 Å². The smallest absolute Gasteiger partial charge is 0.263 e. The average Bonchev–Trinajstić information content (AvgIpc) is 2.38. The molecule has 0 aliphatic heterocycles. The number of aryl methyl sites for hydroxylation is 1. The van der Waals surface area contributed by atoms with Gasteiger partial charge in [-0.1, -0.05) is 35.3 Å². The van der Waals surface area contributed by atoms with Crippen molar-refractivity contribution in [3.8, 4) is 0 Å². The first-order valence-corrected chi connectivity index (χ1v) is 7.95. The molecule has 20 heavy (non-hydrogen) atoms. The van der Waals surface area contributed by atoms with E-state index >= 15 is 0 Å². The van der Waals surface area contributed by atoms with Crippen molar-refractivity contribution in [3.63, 3.8) is 0 Å². The maximum Gasteiger partial charge on any atom is 0.263 e. The van der Waals surface area contributed by atoms with Crippen molar-refractivity contribution in [2.75, 3.05) is 4.72 Å². The maximum absolute atomic E-state index is 12.3. The number of nitrogens with zero attached hydrogens (tertiary/aromatic N) is 1. The van der Waals surface area contributed by atoms with Crippen LogP contribution in [0.5, 0.6) is 0 Å². The maximum atomic E-state index is 12.3. The molecule has 0 aliphatic carbocycles. The molecule has 0 saturated carbocycles. The molecule has 0 aliphatic rings. The molecule has 0 bridgehead atoms. The van der Waals surface area contributed by atoms with Gasteiger partial charge in [0.1, 0.15) is 10.0 Å². The molecule has 1 aromatic heterocycles. The summed E-state index contributed by atoms with van der Waals surface area (Å²) in [5, 5.41) is 0.160. The van der Waals surface area contributed by atoms with Crippen LogP contribution in [-0.4, -0.2) is 13.4 Å².